The van der Waals surface area contributed by atoms with Gasteiger partial charge in [0.05, 0.1) is 10.7 Å². The molecular formula is C15H17ClF3N3O. The van der Waals surface area contributed by atoms with Gasteiger partial charge in [-0.15, -0.1) is 0 Å². The average molecular weight is 348 g/mol. The molecule has 2 aromatic rings. The van der Waals surface area contributed by atoms with Gasteiger partial charge in [0.2, 0.25) is 0 Å². The van der Waals surface area contributed by atoms with Gasteiger partial charge in [0.15, 0.2) is 6.10 Å². The van der Waals surface area contributed by atoms with E-state index in [9.17, 15) is 18.3 Å². The third-order valence-corrected chi connectivity index (χ3v) is 4.49. The topological polar surface area (TPSA) is 40.8 Å². The largest absolute Gasteiger partial charge is 0.414 e. The molecule has 1 N–H and O–H groups in total. The summed E-state index contributed by atoms with van der Waals surface area (Å²) < 4.78 is 39.5. The molecule has 126 valence electrons. The molecule has 1 aliphatic rings. The number of aromatic nitrogens is 2. The number of imidazole rings is 1. The van der Waals surface area contributed by atoms with Crippen molar-refractivity contribution in [2.45, 2.75) is 31.7 Å². The first-order chi connectivity index (χ1) is 10.8. The van der Waals surface area contributed by atoms with E-state index in [1.807, 2.05) is 16.7 Å². The Morgan fingerprint density at radius 2 is 1.96 bits per heavy atom. The van der Waals surface area contributed by atoms with E-state index >= 15 is 0 Å². The summed E-state index contributed by atoms with van der Waals surface area (Å²) in [5.41, 5.74) is 1.63. The van der Waals surface area contributed by atoms with Gasteiger partial charge in [-0.1, -0.05) is 11.6 Å². The summed E-state index contributed by atoms with van der Waals surface area (Å²) in [6.07, 6.45) is -2.45. The fourth-order valence-corrected chi connectivity index (χ4v) is 3.18. The molecule has 3 heterocycles. The van der Waals surface area contributed by atoms with Gasteiger partial charge in [0, 0.05) is 18.9 Å². The maximum Gasteiger partial charge on any atom is 0.414 e. The van der Waals surface area contributed by atoms with Gasteiger partial charge in [-0.3, -0.25) is 4.90 Å². The molecule has 0 bridgehead atoms. The molecule has 8 heteroatoms. The second-order valence-corrected chi connectivity index (χ2v) is 6.38. The van der Waals surface area contributed by atoms with Crippen molar-refractivity contribution in [2.75, 3.05) is 13.1 Å². The van der Waals surface area contributed by atoms with Crippen LogP contribution in [0.3, 0.4) is 0 Å². The summed E-state index contributed by atoms with van der Waals surface area (Å²) in [6.45, 7) is 1.62. The molecule has 1 saturated heterocycles. The van der Waals surface area contributed by atoms with Gasteiger partial charge in [-0.25, -0.2) is 4.98 Å². The molecule has 0 saturated carbocycles. The van der Waals surface area contributed by atoms with Crippen LogP contribution in [0.15, 0.2) is 24.5 Å². The molecule has 0 spiro atoms. The number of likely N-dealkylation sites (tertiary alicyclic amines) is 1. The summed E-state index contributed by atoms with van der Waals surface area (Å²) in [4.78, 5) is 6.53. The quantitative estimate of drug-likeness (QED) is 0.927. The van der Waals surface area contributed by atoms with E-state index in [0.29, 0.717) is 37.5 Å². The fraction of sp³-hybridized carbons (Fsp3) is 0.533. The monoisotopic (exact) mass is 347 g/mol. The highest BCUT2D eigenvalue weighted by Crippen LogP contribution is 2.31. The molecule has 0 amide bonds. The van der Waals surface area contributed by atoms with Crippen molar-refractivity contribution < 1.29 is 18.3 Å². The van der Waals surface area contributed by atoms with Gasteiger partial charge in [0.25, 0.3) is 0 Å². The number of alkyl halides is 3. The standard InChI is InChI=1S/C15H17ClF3N3O/c16-11-1-2-13-20-12(9-22(13)7-11)8-21-5-3-10(4-6-21)14(23)15(17,18)19/h1-2,7,9-10,14,23H,3-6,8H2. The van der Waals surface area contributed by atoms with E-state index < -0.39 is 18.2 Å². The van der Waals surface area contributed by atoms with E-state index in [4.69, 9.17) is 11.6 Å². The van der Waals surface area contributed by atoms with Crippen LogP contribution in [0, 0.1) is 5.92 Å². The summed E-state index contributed by atoms with van der Waals surface area (Å²) in [5.74, 6) is -0.717. The number of rotatable bonds is 3. The Kier molecular flexibility index (Phi) is 4.53. The fourth-order valence-electron chi connectivity index (χ4n) is 3.02. The Labute approximate surface area is 136 Å². The first-order valence-electron chi connectivity index (χ1n) is 7.43. The van der Waals surface area contributed by atoms with Crippen LogP contribution in [0.25, 0.3) is 5.65 Å². The molecule has 1 aliphatic heterocycles. The minimum Gasteiger partial charge on any atom is -0.383 e. The second-order valence-electron chi connectivity index (χ2n) is 5.95. The maximum atomic E-state index is 12.5. The van der Waals surface area contributed by atoms with Crippen molar-refractivity contribution in [3.8, 4) is 0 Å². The third kappa shape index (κ3) is 3.79. The Morgan fingerprint density at radius 3 is 2.61 bits per heavy atom. The van der Waals surface area contributed by atoms with Gasteiger partial charge < -0.3 is 9.51 Å². The first-order valence-corrected chi connectivity index (χ1v) is 7.81. The first kappa shape index (κ1) is 16.5. The number of aliphatic hydroxyl groups is 1. The molecule has 2 aromatic heterocycles. The molecule has 23 heavy (non-hydrogen) atoms. The zero-order valence-electron chi connectivity index (χ0n) is 12.3. The smallest absolute Gasteiger partial charge is 0.383 e. The number of nitrogens with zero attached hydrogens (tertiary/aromatic N) is 3. The minimum absolute atomic E-state index is 0.333. The van der Waals surface area contributed by atoms with E-state index in [1.165, 1.54) is 0 Å². The van der Waals surface area contributed by atoms with Crippen LogP contribution in [0.5, 0.6) is 0 Å². The van der Waals surface area contributed by atoms with Crippen molar-refractivity contribution in [2.24, 2.45) is 5.92 Å². The summed E-state index contributed by atoms with van der Waals surface area (Å²) >= 11 is 5.93. The summed E-state index contributed by atoms with van der Waals surface area (Å²) in [6, 6.07) is 3.58. The van der Waals surface area contributed by atoms with E-state index in [0.717, 1.165) is 11.3 Å². The Balaban J connectivity index is 1.59. The lowest BCUT2D eigenvalue weighted by atomic mass is 9.91. The summed E-state index contributed by atoms with van der Waals surface area (Å²) in [5, 5.41) is 9.95. The number of hydrogen-bond donors (Lipinski definition) is 1. The lowest BCUT2D eigenvalue weighted by Crippen LogP contribution is -2.43. The highest BCUT2D eigenvalue weighted by molar-refractivity contribution is 6.30. The molecule has 1 fully saturated rings. The maximum absolute atomic E-state index is 12.5. The zero-order valence-corrected chi connectivity index (χ0v) is 13.1. The van der Waals surface area contributed by atoms with Gasteiger partial charge in [-0.2, -0.15) is 13.2 Å². The van der Waals surface area contributed by atoms with Crippen molar-refractivity contribution >= 4 is 17.2 Å². The van der Waals surface area contributed by atoms with Crippen LogP contribution in [0.1, 0.15) is 18.5 Å². The molecule has 3 rings (SSSR count). The predicted molar refractivity (Wildman–Crippen MR) is 80.3 cm³/mol. The van der Waals surface area contributed by atoms with Gasteiger partial charge >= 0.3 is 6.18 Å². The number of aliphatic hydroxyl groups excluding tert-OH is 1. The van der Waals surface area contributed by atoms with Crippen LogP contribution >= 0.6 is 11.6 Å². The van der Waals surface area contributed by atoms with Crippen LogP contribution in [0.2, 0.25) is 5.02 Å². The number of piperidine rings is 1. The van der Waals surface area contributed by atoms with Crippen molar-refractivity contribution in [1.29, 1.82) is 0 Å². The lowest BCUT2D eigenvalue weighted by Gasteiger charge is -2.34. The molecule has 0 radical (unpaired) electrons. The third-order valence-electron chi connectivity index (χ3n) is 4.26. The normalized spacial score (nSPS) is 19.3. The highest BCUT2D eigenvalue weighted by atomic mass is 35.5. The van der Waals surface area contributed by atoms with Crippen molar-refractivity contribution in [3.05, 3.63) is 35.2 Å². The number of fused-ring (bicyclic) bond motifs is 1. The summed E-state index contributed by atoms with van der Waals surface area (Å²) in [7, 11) is 0. The van der Waals surface area contributed by atoms with E-state index in [-0.39, 0.29) is 0 Å². The Hall–Kier alpha value is -1.31. The SMILES string of the molecule is OC(C1CCN(Cc2cn3cc(Cl)ccc3n2)CC1)C(F)(F)F. The number of halogens is 4. The minimum atomic E-state index is -4.53. The van der Waals surface area contributed by atoms with Crippen LogP contribution < -0.4 is 0 Å². The van der Waals surface area contributed by atoms with Crippen molar-refractivity contribution in [1.82, 2.24) is 14.3 Å². The zero-order chi connectivity index (χ0) is 16.6. The van der Waals surface area contributed by atoms with Gasteiger partial charge in [-0.05, 0) is 44.0 Å². The van der Waals surface area contributed by atoms with E-state index in [1.54, 1.807) is 12.3 Å². The highest BCUT2D eigenvalue weighted by Gasteiger charge is 2.44. The predicted octanol–water partition coefficient (Wildman–Crippen LogP) is 3.12. The van der Waals surface area contributed by atoms with Crippen LogP contribution in [-0.4, -0.2) is 44.8 Å². The number of hydrogen-bond acceptors (Lipinski definition) is 3. The Morgan fingerprint density at radius 1 is 1.26 bits per heavy atom. The molecular weight excluding hydrogens is 331 g/mol. The lowest BCUT2D eigenvalue weighted by molar-refractivity contribution is -0.223. The molecule has 4 nitrogen and oxygen atoms in total. The number of pyridine rings is 1. The molecule has 1 unspecified atom stereocenters. The second kappa shape index (κ2) is 6.30. The molecule has 0 aromatic carbocycles. The average Bonchev–Trinajstić information content (AvgIpc) is 2.87. The van der Waals surface area contributed by atoms with Crippen LogP contribution in [0.4, 0.5) is 13.2 Å². The van der Waals surface area contributed by atoms with Crippen LogP contribution in [-0.2, 0) is 6.54 Å². The van der Waals surface area contributed by atoms with E-state index in [2.05, 4.69) is 9.88 Å². The Bertz CT molecular complexity index is 680. The molecule has 0 aliphatic carbocycles. The van der Waals surface area contributed by atoms with Gasteiger partial charge in [0.1, 0.15) is 5.65 Å². The molecule has 1 atom stereocenters. The van der Waals surface area contributed by atoms with Crippen molar-refractivity contribution in [3.63, 3.8) is 0 Å².